The first kappa shape index (κ1) is 19.5. The molecule has 0 amide bonds. The van der Waals surface area contributed by atoms with Crippen molar-refractivity contribution in [1.82, 2.24) is 4.90 Å². The summed E-state index contributed by atoms with van der Waals surface area (Å²) >= 11 is 0. The van der Waals surface area contributed by atoms with Gasteiger partial charge >= 0.3 is 0 Å². The van der Waals surface area contributed by atoms with Crippen molar-refractivity contribution in [2.75, 3.05) is 27.3 Å². The summed E-state index contributed by atoms with van der Waals surface area (Å²) < 4.78 is 10.6. The first-order chi connectivity index (χ1) is 10.3. The van der Waals surface area contributed by atoms with Gasteiger partial charge in [0, 0.05) is 19.0 Å². The molecule has 3 fully saturated rings. The number of hydrazone groups is 1. The van der Waals surface area contributed by atoms with Gasteiger partial charge in [-0.3, -0.25) is 0 Å². The third-order valence-corrected chi connectivity index (χ3v) is 4.33. The molecule has 1 aromatic rings. The maximum atomic E-state index is 5.61. The molecular formula is C16H23Cl2N3O2. The molecule has 0 aliphatic carbocycles. The summed E-state index contributed by atoms with van der Waals surface area (Å²) in [5, 5.41) is 4.03. The Hall–Kier alpha value is -1.59. The van der Waals surface area contributed by atoms with Crippen molar-refractivity contribution in [3.63, 3.8) is 0 Å². The quantitative estimate of drug-likeness (QED) is 0.665. The average Bonchev–Trinajstić information content (AvgIpc) is 2.55. The number of fused-ring (bicyclic) bond motifs is 3. The van der Waals surface area contributed by atoms with Crippen LogP contribution in [-0.2, 0) is 0 Å². The lowest BCUT2D eigenvalue weighted by molar-refractivity contribution is 0.242. The van der Waals surface area contributed by atoms with Crippen LogP contribution in [0.4, 0.5) is 0 Å². The SMILES string of the molecule is COc1ccc(/C=C2\C(=N\N)C3CCN2CC3)cc1OC.Cl.Cl. The fourth-order valence-corrected chi connectivity index (χ4v) is 3.20. The van der Waals surface area contributed by atoms with E-state index in [9.17, 15) is 0 Å². The monoisotopic (exact) mass is 359 g/mol. The van der Waals surface area contributed by atoms with Gasteiger partial charge in [0.25, 0.3) is 0 Å². The summed E-state index contributed by atoms with van der Waals surface area (Å²) in [5.41, 5.74) is 3.24. The van der Waals surface area contributed by atoms with E-state index in [4.69, 9.17) is 15.3 Å². The molecule has 0 aromatic heterocycles. The Labute approximate surface area is 149 Å². The van der Waals surface area contributed by atoms with Gasteiger partial charge in [0.05, 0.1) is 25.6 Å². The molecule has 3 heterocycles. The summed E-state index contributed by atoms with van der Waals surface area (Å²) in [6, 6.07) is 5.91. The van der Waals surface area contributed by atoms with E-state index in [2.05, 4.69) is 16.1 Å². The molecule has 3 saturated heterocycles. The summed E-state index contributed by atoms with van der Waals surface area (Å²) in [7, 11) is 3.29. The topological polar surface area (TPSA) is 60.1 Å². The number of nitrogens with zero attached hydrogens (tertiary/aromatic N) is 2. The summed E-state index contributed by atoms with van der Waals surface area (Å²) in [6.07, 6.45) is 4.44. The normalized spacial score (nSPS) is 20.2. The molecule has 2 bridgehead atoms. The van der Waals surface area contributed by atoms with Crippen LogP contribution in [0, 0.1) is 5.92 Å². The van der Waals surface area contributed by atoms with Crippen LogP contribution in [0.15, 0.2) is 29.0 Å². The number of hydrogen-bond donors (Lipinski definition) is 1. The van der Waals surface area contributed by atoms with Crippen LogP contribution in [-0.4, -0.2) is 37.9 Å². The zero-order valence-electron chi connectivity index (χ0n) is 13.3. The summed E-state index contributed by atoms with van der Waals surface area (Å²) in [6.45, 7) is 2.17. The highest BCUT2D eigenvalue weighted by atomic mass is 35.5. The third kappa shape index (κ3) is 3.67. The van der Waals surface area contributed by atoms with Crippen LogP contribution in [0.25, 0.3) is 6.08 Å². The largest absolute Gasteiger partial charge is 0.493 e. The van der Waals surface area contributed by atoms with Crippen LogP contribution in [0.5, 0.6) is 11.5 Å². The molecule has 1 aromatic carbocycles. The summed E-state index contributed by atoms with van der Waals surface area (Å²) in [5.74, 6) is 7.58. The standard InChI is InChI=1S/C16H21N3O2.2ClH/c1-20-14-4-3-11(10-15(14)21-2)9-13-16(18-17)12-5-7-19(13)8-6-12;;/h3-4,9-10,12H,5-8,17H2,1-2H3;2*1H/b13-9+,18-16+;;. The summed E-state index contributed by atoms with van der Waals surface area (Å²) in [4.78, 5) is 2.36. The molecule has 128 valence electrons. The average molecular weight is 360 g/mol. The number of benzene rings is 1. The van der Waals surface area contributed by atoms with Crippen molar-refractivity contribution in [2.24, 2.45) is 16.9 Å². The van der Waals surface area contributed by atoms with Crippen LogP contribution < -0.4 is 15.3 Å². The molecule has 0 atom stereocenters. The van der Waals surface area contributed by atoms with Gasteiger partial charge in [-0.25, -0.2) is 0 Å². The Morgan fingerprint density at radius 3 is 2.35 bits per heavy atom. The molecule has 0 saturated carbocycles. The van der Waals surface area contributed by atoms with Crippen molar-refractivity contribution in [2.45, 2.75) is 12.8 Å². The lowest BCUT2D eigenvalue weighted by atomic mass is 9.83. The maximum Gasteiger partial charge on any atom is 0.161 e. The molecule has 0 unspecified atom stereocenters. The van der Waals surface area contributed by atoms with Gasteiger partial charge in [0.2, 0.25) is 0 Å². The molecule has 23 heavy (non-hydrogen) atoms. The highest BCUT2D eigenvalue weighted by Gasteiger charge is 2.34. The molecule has 2 N–H and O–H groups in total. The van der Waals surface area contributed by atoms with Crippen LogP contribution >= 0.6 is 24.8 Å². The second-order valence-corrected chi connectivity index (χ2v) is 5.42. The number of piperidine rings is 3. The number of methoxy groups -OCH3 is 2. The van der Waals surface area contributed by atoms with E-state index < -0.39 is 0 Å². The molecule has 3 aliphatic rings. The van der Waals surface area contributed by atoms with E-state index in [0.29, 0.717) is 5.92 Å². The minimum atomic E-state index is 0. The van der Waals surface area contributed by atoms with E-state index in [-0.39, 0.29) is 24.8 Å². The Kier molecular flexibility index (Phi) is 7.03. The molecular weight excluding hydrogens is 337 g/mol. The van der Waals surface area contributed by atoms with Crippen molar-refractivity contribution in [1.29, 1.82) is 0 Å². The molecule has 0 spiro atoms. The predicted molar refractivity (Wildman–Crippen MR) is 97.9 cm³/mol. The van der Waals surface area contributed by atoms with E-state index >= 15 is 0 Å². The first-order valence-corrected chi connectivity index (χ1v) is 7.23. The van der Waals surface area contributed by atoms with Crippen molar-refractivity contribution < 1.29 is 9.47 Å². The number of hydrogen-bond acceptors (Lipinski definition) is 5. The van der Waals surface area contributed by atoms with Crippen molar-refractivity contribution >= 4 is 36.6 Å². The van der Waals surface area contributed by atoms with Gasteiger partial charge in [-0.2, -0.15) is 5.10 Å². The second kappa shape index (κ2) is 8.31. The van der Waals surface area contributed by atoms with Gasteiger partial charge in [0.1, 0.15) is 0 Å². The van der Waals surface area contributed by atoms with Crippen LogP contribution in [0.3, 0.4) is 0 Å². The van der Waals surface area contributed by atoms with Crippen LogP contribution in [0.2, 0.25) is 0 Å². The molecule has 0 radical (unpaired) electrons. The minimum Gasteiger partial charge on any atom is -0.493 e. The van der Waals surface area contributed by atoms with E-state index in [1.165, 1.54) is 0 Å². The smallest absolute Gasteiger partial charge is 0.161 e. The molecule has 7 heteroatoms. The number of nitrogens with two attached hydrogens (primary N) is 1. The highest BCUT2D eigenvalue weighted by Crippen LogP contribution is 2.34. The van der Waals surface area contributed by atoms with E-state index in [1.807, 2.05) is 18.2 Å². The first-order valence-electron chi connectivity index (χ1n) is 7.23. The number of halogens is 2. The van der Waals surface area contributed by atoms with Crippen molar-refractivity contribution in [3.05, 3.63) is 29.5 Å². The van der Waals surface area contributed by atoms with E-state index in [0.717, 1.165) is 54.4 Å². The third-order valence-electron chi connectivity index (χ3n) is 4.33. The maximum absolute atomic E-state index is 5.61. The highest BCUT2D eigenvalue weighted by molar-refractivity contribution is 6.05. The fraction of sp³-hybridized carbons (Fsp3) is 0.438. The van der Waals surface area contributed by atoms with Gasteiger partial charge in [-0.15, -0.1) is 24.8 Å². The van der Waals surface area contributed by atoms with Gasteiger partial charge < -0.3 is 20.2 Å². The zero-order valence-corrected chi connectivity index (χ0v) is 15.0. The van der Waals surface area contributed by atoms with Gasteiger partial charge in [-0.1, -0.05) is 6.07 Å². The lowest BCUT2D eigenvalue weighted by Crippen LogP contribution is -2.46. The van der Waals surface area contributed by atoms with Gasteiger partial charge in [-0.05, 0) is 36.6 Å². The Bertz CT molecular complexity index is 597. The fourth-order valence-electron chi connectivity index (χ4n) is 3.20. The Morgan fingerprint density at radius 2 is 1.78 bits per heavy atom. The second-order valence-electron chi connectivity index (χ2n) is 5.42. The minimum absolute atomic E-state index is 0. The Morgan fingerprint density at radius 1 is 1.13 bits per heavy atom. The van der Waals surface area contributed by atoms with E-state index in [1.54, 1.807) is 14.2 Å². The Balaban J connectivity index is 0.00000132. The van der Waals surface area contributed by atoms with Gasteiger partial charge in [0.15, 0.2) is 11.5 Å². The molecule has 3 aliphatic heterocycles. The molecule has 4 rings (SSSR count). The predicted octanol–water partition coefficient (Wildman–Crippen LogP) is 2.93. The number of rotatable bonds is 3. The zero-order chi connectivity index (χ0) is 14.8. The number of allylic oxidation sites excluding steroid dienone is 1. The van der Waals surface area contributed by atoms with Crippen LogP contribution in [0.1, 0.15) is 18.4 Å². The molecule has 5 nitrogen and oxygen atoms in total. The van der Waals surface area contributed by atoms with Crippen molar-refractivity contribution in [3.8, 4) is 11.5 Å². The number of ether oxygens (including phenoxy) is 2. The lowest BCUT2D eigenvalue weighted by Gasteiger charge is -2.43.